The molecule has 0 saturated heterocycles. The van der Waals surface area contributed by atoms with Gasteiger partial charge in [0.1, 0.15) is 0 Å². The molecule has 1 rings (SSSR count). The summed E-state index contributed by atoms with van der Waals surface area (Å²) in [5.74, 6) is -0.102. The van der Waals surface area contributed by atoms with E-state index in [1.807, 2.05) is 0 Å². The van der Waals surface area contributed by atoms with Gasteiger partial charge in [-0.1, -0.05) is 11.6 Å². The van der Waals surface area contributed by atoms with Gasteiger partial charge in [-0.2, -0.15) is 0 Å². The molecule has 0 aromatic heterocycles. The molecule has 0 aliphatic rings. The zero-order valence-corrected chi connectivity index (χ0v) is 11.7. The van der Waals surface area contributed by atoms with Crippen molar-refractivity contribution in [2.45, 2.75) is 0 Å². The van der Waals surface area contributed by atoms with Crippen LogP contribution in [-0.2, 0) is 9.53 Å². The summed E-state index contributed by atoms with van der Waals surface area (Å²) in [5.41, 5.74) is 1.21. The number of methoxy groups -OCH3 is 1. The summed E-state index contributed by atoms with van der Waals surface area (Å²) in [7, 11) is 3.36. The van der Waals surface area contributed by atoms with Gasteiger partial charge in [-0.25, -0.2) is 0 Å². The second-order valence-electron chi connectivity index (χ2n) is 4.02. The van der Waals surface area contributed by atoms with Crippen molar-refractivity contribution in [3.05, 3.63) is 28.8 Å². The van der Waals surface area contributed by atoms with Gasteiger partial charge in [0, 0.05) is 32.0 Å². The maximum absolute atomic E-state index is 11.6. The highest BCUT2D eigenvalue weighted by Gasteiger charge is 2.09. The maximum Gasteiger partial charge on any atom is 0.239 e. The number of hydrogen-bond donors (Lipinski definition) is 1. The minimum absolute atomic E-state index is 0.102. The van der Waals surface area contributed by atoms with E-state index in [0.717, 1.165) is 5.69 Å². The summed E-state index contributed by atoms with van der Waals surface area (Å²) in [4.78, 5) is 24.0. The van der Waals surface area contributed by atoms with Crippen LogP contribution in [0, 0.1) is 0 Å². The number of amides is 1. The van der Waals surface area contributed by atoms with E-state index in [1.165, 1.54) is 0 Å². The minimum atomic E-state index is -0.102. The molecular formula is C13H17ClN2O3. The second-order valence-corrected chi connectivity index (χ2v) is 4.43. The van der Waals surface area contributed by atoms with Crippen molar-refractivity contribution in [2.75, 3.05) is 38.8 Å². The van der Waals surface area contributed by atoms with Crippen LogP contribution in [0.5, 0.6) is 0 Å². The predicted octanol–water partition coefficient (Wildman–Crippen LogP) is 1.35. The van der Waals surface area contributed by atoms with E-state index in [4.69, 9.17) is 16.3 Å². The Balaban J connectivity index is 2.57. The lowest BCUT2D eigenvalue weighted by molar-refractivity contribution is -0.119. The normalized spacial score (nSPS) is 10.1. The van der Waals surface area contributed by atoms with E-state index in [2.05, 4.69) is 5.32 Å². The number of rotatable bonds is 7. The molecule has 1 amide bonds. The standard InChI is InChI=1S/C13H17ClN2O3/c1-16(8-13(18)15-5-6-19-2)11-4-3-10(9-17)12(14)7-11/h3-4,7,9H,5-6,8H2,1-2H3,(H,15,18). The van der Waals surface area contributed by atoms with Crippen LogP contribution < -0.4 is 10.2 Å². The van der Waals surface area contributed by atoms with E-state index in [-0.39, 0.29) is 12.5 Å². The Morgan fingerprint density at radius 2 is 2.26 bits per heavy atom. The van der Waals surface area contributed by atoms with Gasteiger partial charge in [-0.3, -0.25) is 9.59 Å². The summed E-state index contributed by atoms with van der Waals surface area (Å²) in [6.45, 7) is 1.17. The molecule has 0 bridgehead atoms. The Bertz CT molecular complexity index is 452. The fourth-order valence-corrected chi connectivity index (χ4v) is 1.72. The molecule has 0 unspecified atom stereocenters. The van der Waals surface area contributed by atoms with Gasteiger partial charge in [-0.15, -0.1) is 0 Å². The molecule has 0 aliphatic heterocycles. The zero-order chi connectivity index (χ0) is 14.3. The predicted molar refractivity (Wildman–Crippen MR) is 75.0 cm³/mol. The van der Waals surface area contributed by atoms with E-state index in [9.17, 15) is 9.59 Å². The third kappa shape index (κ3) is 4.89. The SMILES string of the molecule is COCCNC(=O)CN(C)c1ccc(C=O)c(Cl)c1. The number of halogens is 1. The van der Waals surface area contributed by atoms with Crippen LogP contribution in [0.2, 0.25) is 5.02 Å². The number of ether oxygens (including phenoxy) is 1. The van der Waals surface area contributed by atoms with Gasteiger partial charge in [-0.05, 0) is 18.2 Å². The third-order valence-corrected chi connectivity index (χ3v) is 2.89. The number of nitrogens with one attached hydrogen (secondary N) is 1. The van der Waals surface area contributed by atoms with Crippen molar-refractivity contribution in [3.8, 4) is 0 Å². The van der Waals surface area contributed by atoms with Gasteiger partial charge in [0.15, 0.2) is 6.29 Å². The van der Waals surface area contributed by atoms with Crippen molar-refractivity contribution in [1.29, 1.82) is 0 Å². The minimum Gasteiger partial charge on any atom is -0.383 e. The molecule has 1 aromatic rings. The summed E-state index contributed by atoms with van der Waals surface area (Å²) in [6, 6.07) is 5.04. The molecule has 1 N–H and O–H groups in total. The van der Waals surface area contributed by atoms with Crippen LogP contribution in [0.15, 0.2) is 18.2 Å². The number of carbonyl (C=O) groups is 2. The van der Waals surface area contributed by atoms with E-state index < -0.39 is 0 Å². The molecule has 104 valence electrons. The molecule has 0 saturated carbocycles. The first-order valence-electron chi connectivity index (χ1n) is 5.80. The molecule has 0 atom stereocenters. The largest absolute Gasteiger partial charge is 0.383 e. The molecule has 0 spiro atoms. The number of benzene rings is 1. The topological polar surface area (TPSA) is 58.6 Å². The lowest BCUT2D eigenvalue weighted by atomic mass is 10.2. The molecule has 0 heterocycles. The van der Waals surface area contributed by atoms with E-state index in [1.54, 1.807) is 37.3 Å². The molecule has 0 aliphatic carbocycles. The number of likely N-dealkylation sites (N-methyl/N-ethyl adjacent to an activating group) is 1. The van der Waals surface area contributed by atoms with Gasteiger partial charge >= 0.3 is 0 Å². The Kier molecular flexibility index (Phi) is 6.32. The van der Waals surface area contributed by atoms with Gasteiger partial charge in [0.05, 0.1) is 18.2 Å². The molecule has 19 heavy (non-hydrogen) atoms. The molecule has 1 aromatic carbocycles. The monoisotopic (exact) mass is 284 g/mol. The number of nitrogens with zero attached hydrogens (tertiary/aromatic N) is 1. The Labute approximate surface area is 117 Å². The number of aldehydes is 1. The Hall–Kier alpha value is -1.59. The van der Waals surface area contributed by atoms with Crippen LogP contribution in [0.25, 0.3) is 0 Å². The maximum atomic E-state index is 11.6. The average molecular weight is 285 g/mol. The third-order valence-electron chi connectivity index (χ3n) is 2.56. The van der Waals surface area contributed by atoms with Gasteiger partial charge in [0.25, 0.3) is 0 Å². The molecule has 6 heteroatoms. The summed E-state index contributed by atoms with van der Waals surface area (Å²) >= 11 is 5.94. The highest BCUT2D eigenvalue weighted by atomic mass is 35.5. The number of carbonyl (C=O) groups excluding carboxylic acids is 2. The van der Waals surface area contributed by atoms with Crippen molar-refractivity contribution >= 4 is 29.5 Å². The molecule has 5 nitrogen and oxygen atoms in total. The van der Waals surface area contributed by atoms with Crippen LogP contribution in [-0.4, -0.2) is 46.0 Å². The van der Waals surface area contributed by atoms with Gasteiger partial charge in [0.2, 0.25) is 5.91 Å². The Morgan fingerprint density at radius 1 is 1.53 bits per heavy atom. The first-order chi connectivity index (χ1) is 9.08. The van der Waals surface area contributed by atoms with Crippen molar-refractivity contribution in [1.82, 2.24) is 5.32 Å². The number of hydrogen-bond acceptors (Lipinski definition) is 4. The lowest BCUT2D eigenvalue weighted by Gasteiger charge is -2.19. The summed E-state index contributed by atoms with van der Waals surface area (Å²) in [6.07, 6.45) is 0.698. The van der Waals surface area contributed by atoms with Crippen LogP contribution in [0.3, 0.4) is 0 Å². The van der Waals surface area contributed by atoms with Crippen LogP contribution >= 0.6 is 11.6 Å². The molecular weight excluding hydrogens is 268 g/mol. The molecule has 0 fully saturated rings. The molecule has 0 radical (unpaired) electrons. The summed E-state index contributed by atoms with van der Waals surface area (Å²) in [5, 5.41) is 3.10. The highest BCUT2D eigenvalue weighted by Crippen LogP contribution is 2.21. The van der Waals surface area contributed by atoms with Crippen molar-refractivity contribution in [3.63, 3.8) is 0 Å². The fraction of sp³-hybridized carbons (Fsp3) is 0.385. The fourth-order valence-electron chi connectivity index (χ4n) is 1.50. The van der Waals surface area contributed by atoms with E-state index in [0.29, 0.717) is 30.0 Å². The van der Waals surface area contributed by atoms with Gasteiger partial charge < -0.3 is 15.0 Å². The number of anilines is 1. The first kappa shape index (κ1) is 15.5. The summed E-state index contributed by atoms with van der Waals surface area (Å²) < 4.78 is 4.84. The smallest absolute Gasteiger partial charge is 0.239 e. The van der Waals surface area contributed by atoms with Crippen LogP contribution in [0.4, 0.5) is 5.69 Å². The zero-order valence-electron chi connectivity index (χ0n) is 11.0. The van der Waals surface area contributed by atoms with Crippen molar-refractivity contribution in [2.24, 2.45) is 0 Å². The quantitative estimate of drug-likeness (QED) is 0.607. The average Bonchev–Trinajstić information content (AvgIpc) is 2.38. The van der Waals surface area contributed by atoms with E-state index >= 15 is 0 Å². The Morgan fingerprint density at radius 3 is 2.84 bits per heavy atom. The first-order valence-corrected chi connectivity index (χ1v) is 6.17. The second kappa shape index (κ2) is 7.76. The van der Waals surface area contributed by atoms with Crippen LogP contribution in [0.1, 0.15) is 10.4 Å². The van der Waals surface area contributed by atoms with Crippen molar-refractivity contribution < 1.29 is 14.3 Å². The lowest BCUT2D eigenvalue weighted by Crippen LogP contribution is -2.36. The highest BCUT2D eigenvalue weighted by molar-refractivity contribution is 6.33.